The molecule has 1 N–H and O–H groups in total. The van der Waals surface area contributed by atoms with Crippen LogP contribution in [0.1, 0.15) is 17.6 Å². The molecule has 0 bridgehead atoms. The number of nitrogens with one attached hydrogen (secondary N) is 1. The lowest BCUT2D eigenvalue weighted by Crippen LogP contribution is -2.38. The van der Waals surface area contributed by atoms with E-state index in [9.17, 15) is 4.79 Å². The molecular weight excluding hydrogens is 328 g/mol. The summed E-state index contributed by atoms with van der Waals surface area (Å²) in [5.74, 6) is 0.632. The molecule has 1 aliphatic heterocycles. The minimum absolute atomic E-state index is 0.0745. The van der Waals surface area contributed by atoms with Crippen LogP contribution in [0.3, 0.4) is 0 Å². The summed E-state index contributed by atoms with van der Waals surface area (Å²) in [6.45, 7) is 5.94. The van der Waals surface area contributed by atoms with Crippen molar-refractivity contribution in [2.75, 3.05) is 26.3 Å². The van der Waals surface area contributed by atoms with Gasteiger partial charge in [0, 0.05) is 30.4 Å². The van der Waals surface area contributed by atoms with Crippen molar-refractivity contribution in [3.05, 3.63) is 28.2 Å². The summed E-state index contributed by atoms with van der Waals surface area (Å²) < 4.78 is 6.91. The number of hydrogen-bond donors (Lipinski definition) is 1. The van der Waals surface area contributed by atoms with Gasteiger partial charge in [-0.1, -0.05) is 6.07 Å². The lowest BCUT2D eigenvalue weighted by Gasteiger charge is -2.25. The van der Waals surface area contributed by atoms with Gasteiger partial charge in [-0.25, -0.2) is 4.68 Å². The van der Waals surface area contributed by atoms with Crippen molar-refractivity contribution in [3.63, 3.8) is 0 Å². The zero-order valence-corrected chi connectivity index (χ0v) is 14.5. The van der Waals surface area contributed by atoms with E-state index in [2.05, 4.69) is 31.8 Å². The molecular formula is C15H22N6O2S. The third kappa shape index (κ3) is 4.83. The first-order valence-corrected chi connectivity index (χ1v) is 8.95. The monoisotopic (exact) mass is 350 g/mol. The molecule has 0 unspecified atom stereocenters. The number of morpholine rings is 1. The fourth-order valence-electron chi connectivity index (χ4n) is 2.66. The zero-order valence-electron chi connectivity index (χ0n) is 13.7. The number of thiophene rings is 1. The number of amides is 1. The Kier molecular flexibility index (Phi) is 5.89. The molecule has 3 heterocycles. The molecule has 1 amide bonds. The largest absolute Gasteiger partial charge is 0.379 e. The van der Waals surface area contributed by atoms with E-state index in [4.69, 9.17) is 4.74 Å². The fourth-order valence-corrected chi connectivity index (χ4v) is 3.49. The standard InChI is InChI=1S/C15H22N6O2S/c1-12(9-13-3-2-8-24-13)16-15(22)11-21-14(17-18-19-21)10-20-4-6-23-7-5-20/h2-3,8,12H,4-7,9-11H2,1H3,(H,16,22)/t12-/m0/s1. The van der Waals surface area contributed by atoms with E-state index in [-0.39, 0.29) is 18.5 Å². The van der Waals surface area contributed by atoms with E-state index in [1.807, 2.05) is 18.4 Å². The van der Waals surface area contributed by atoms with E-state index in [0.717, 1.165) is 32.7 Å². The quantitative estimate of drug-likeness (QED) is 0.774. The molecule has 130 valence electrons. The van der Waals surface area contributed by atoms with Gasteiger partial charge in [0.05, 0.1) is 19.8 Å². The van der Waals surface area contributed by atoms with Crippen molar-refractivity contribution in [1.82, 2.24) is 30.4 Å². The molecule has 9 heteroatoms. The number of tetrazole rings is 1. The maximum absolute atomic E-state index is 12.2. The lowest BCUT2D eigenvalue weighted by molar-refractivity contribution is -0.122. The van der Waals surface area contributed by atoms with Crippen molar-refractivity contribution < 1.29 is 9.53 Å². The van der Waals surface area contributed by atoms with Gasteiger partial charge in [-0.05, 0) is 28.8 Å². The van der Waals surface area contributed by atoms with Crippen LogP contribution in [0, 0.1) is 0 Å². The number of aromatic nitrogens is 4. The topological polar surface area (TPSA) is 85.2 Å². The predicted molar refractivity (Wildman–Crippen MR) is 89.5 cm³/mol. The Hall–Kier alpha value is -1.84. The van der Waals surface area contributed by atoms with E-state index >= 15 is 0 Å². The van der Waals surface area contributed by atoms with Crippen LogP contribution in [0.15, 0.2) is 17.5 Å². The average Bonchev–Trinajstić information content (AvgIpc) is 3.21. The summed E-state index contributed by atoms with van der Waals surface area (Å²) in [6, 6.07) is 4.18. The van der Waals surface area contributed by atoms with Crippen LogP contribution in [-0.4, -0.2) is 63.4 Å². The highest BCUT2D eigenvalue weighted by Gasteiger charge is 2.17. The van der Waals surface area contributed by atoms with Gasteiger partial charge in [0.25, 0.3) is 0 Å². The summed E-state index contributed by atoms with van der Waals surface area (Å²) in [4.78, 5) is 15.7. The number of rotatable bonds is 7. The van der Waals surface area contributed by atoms with E-state index in [1.54, 1.807) is 16.0 Å². The third-order valence-corrected chi connectivity index (χ3v) is 4.76. The van der Waals surface area contributed by atoms with Crippen molar-refractivity contribution in [2.24, 2.45) is 0 Å². The van der Waals surface area contributed by atoms with Crippen LogP contribution < -0.4 is 5.32 Å². The van der Waals surface area contributed by atoms with Crippen molar-refractivity contribution in [1.29, 1.82) is 0 Å². The molecule has 0 spiro atoms. The van der Waals surface area contributed by atoms with E-state index < -0.39 is 0 Å². The Bertz CT molecular complexity index is 638. The molecule has 1 saturated heterocycles. The normalized spacial score (nSPS) is 16.9. The molecule has 3 rings (SSSR count). The molecule has 24 heavy (non-hydrogen) atoms. The second-order valence-corrected chi connectivity index (χ2v) is 6.93. The van der Waals surface area contributed by atoms with Gasteiger partial charge in [0.2, 0.25) is 5.91 Å². The Morgan fingerprint density at radius 2 is 2.29 bits per heavy atom. The SMILES string of the molecule is C[C@@H](Cc1cccs1)NC(=O)Cn1nnnc1CN1CCOCC1. The minimum Gasteiger partial charge on any atom is -0.379 e. The van der Waals surface area contributed by atoms with Crippen molar-refractivity contribution in [3.8, 4) is 0 Å². The van der Waals surface area contributed by atoms with Crippen molar-refractivity contribution in [2.45, 2.75) is 32.5 Å². The lowest BCUT2D eigenvalue weighted by atomic mass is 10.2. The molecule has 0 saturated carbocycles. The molecule has 1 aliphatic rings. The maximum atomic E-state index is 12.2. The molecule has 1 fully saturated rings. The summed E-state index contributed by atoms with van der Waals surface area (Å²) in [5, 5.41) is 16.7. The van der Waals surface area contributed by atoms with Gasteiger partial charge in [0.1, 0.15) is 6.54 Å². The number of carbonyl (C=O) groups excluding carboxylic acids is 1. The fraction of sp³-hybridized carbons (Fsp3) is 0.600. The third-order valence-electron chi connectivity index (χ3n) is 3.86. The van der Waals surface area contributed by atoms with Crippen LogP contribution in [0.5, 0.6) is 0 Å². The van der Waals surface area contributed by atoms with Gasteiger partial charge in [-0.2, -0.15) is 0 Å². The van der Waals surface area contributed by atoms with Crippen LogP contribution in [0.4, 0.5) is 0 Å². The first kappa shape index (κ1) is 17.0. The first-order valence-electron chi connectivity index (χ1n) is 8.07. The average molecular weight is 350 g/mol. The summed E-state index contributed by atoms with van der Waals surface area (Å²) in [6.07, 6.45) is 0.833. The Balaban J connectivity index is 1.50. The molecule has 1 atom stereocenters. The summed E-state index contributed by atoms with van der Waals surface area (Å²) >= 11 is 1.70. The summed E-state index contributed by atoms with van der Waals surface area (Å²) in [5.41, 5.74) is 0. The minimum atomic E-state index is -0.0745. The number of hydrogen-bond acceptors (Lipinski definition) is 7. The zero-order chi connectivity index (χ0) is 16.8. The summed E-state index contributed by atoms with van der Waals surface area (Å²) in [7, 11) is 0. The van der Waals surface area contributed by atoms with E-state index in [1.165, 1.54) is 4.88 Å². The number of nitrogens with zero attached hydrogens (tertiary/aromatic N) is 5. The molecule has 0 radical (unpaired) electrons. The Morgan fingerprint density at radius 3 is 3.04 bits per heavy atom. The second kappa shape index (κ2) is 8.32. The molecule has 0 aromatic carbocycles. The molecule has 2 aromatic heterocycles. The molecule has 0 aliphatic carbocycles. The first-order chi connectivity index (χ1) is 11.7. The van der Waals surface area contributed by atoms with Crippen LogP contribution in [-0.2, 0) is 29.0 Å². The van der Waals surface area contributed by atoms with Crippen LogP contribution >= 0.6 is 11.3 Å². The number of carbonyl (C=O) groups is 1. The van der Waals surface area contributed by atoms with Crippen molar-refractivity contribution >= 4 is 17.2 Å². The Morgan fingerprint density at radius 1 is 1.46 bits per heavy atom. The number of ether oxygens (including phenoxy) is 1. The second-order valence-electron chi connectivity index (χ2n) is 5.89. The molecule has 8 nitrogen and oxygen atoms in total. The highest BCUT2D eigenvalue weighted by atomic mass is 32.1. The maximum Gasteiger partial charge on any atom is 0.242 e. The van der Waals surface area contributed by atoms with Crippen LogP contribution in [0.25, 0.3) is 0 Å². The predicted octanol–water partition coefficient (Wildman–Crippen LogP) is 0.314. The van der Waals surface area contributed by atoms with Gasteiger partial charge in [-0.3, -0.25) is 9.69 Å². The van der Waals surface area contributed by atoms with Crippen LogP contribution in [0.2, 0.25) is 0 Å². The van der Waals surface area contributed by atoms with Gasteiger partial charge >= 0.3 is 0 Å². The van der Waals surface area contributed by atoms with E-state index in [0.29, 0.717) is 12.4 Å². The van der Waals surface area contributed by atoms with Gasteiger partial charge in [-0.15, -0.1) is 16.4 Å². The highest BCUT2D eigenvalue weighted by Crippen LogP contribution is 2.11. The Labute approximate surface area is 144 Å². The highest BCUT2D eigenvalue weighted by molar-refractivity contribution is 7.09. The molecule has 2 aromatic rings. The van der Waals surface area contributed by atoms with Gasteiger partial charge in [0.15, 0.2) is 5.82 Å². The van der Waals surface area contributed by atoms with Gasteiger partial charge < -0.3 is 10.1 Å². The smallest absolute Gasteiger partial charge is 0.242 e.